The third-order valence-electron chi connectivity index (χ3n) is 4.59. The Hall–Kier alpha value is -3.23. The van der Waals surface area contributed by atoms with Crippen molar-refractivity contribution in [3.05, 3.63) is 46.4 Å². The van der Waals surface area contributed by atoms with Gasteiger partial charge in [0.2, 0.25) is 5.91 Å². The molecule has 154 valence electrons. The first-order valence-corrected chi connectivity index (χ1v) is 9.65. The summed E-state index contributed by atoms with van der Waals surface area (Å²) in [5.41, 5.74) is 3.80. The van der Waals surface area contributed by atoms with Crippen molar-refractivity contribution in [1.29, 1.82) is 0 Å². The molecule has 9 nitrogen and oxygen atoms in total. The maximum absolute atomic E-state index is 12.1. The van der Waals surface area contributed by atoms with Crippen LogP contribution in [-0.2, 0) is 11.2 Å². The fraction of sp³-hybridized carbons (Fsp3) is 0.450. The average Bonchev–Trinajstić information content (AvgIpc) is 3.17. The predicted octanol–water partition coefficient (Wildman–Crippen LogP) is 2.35. The van der Waals surface area contributed by atoms with E-state index in [0.717, 1.165) is 28.4 Å². The number of aromatic nitrogens is 5. The van der Waals surface area contributed by atoms with Crippen molar-refractivity contribution in [2.45, 2.75) is 47.5 Å². The maximum Gasteiger partial charge on any atom is 0.220 e. The number of nitrogens with zero attached hydrogens (tertiary/aromatic N) is 5. The minimum atomic E-state index is -0.00556. The standard InChI is InChI=1S/C20H27N7O2/c1-12-10-13(2)27(25-12)19-11-18(23-16(5)24-19)21-8-9-22-20(28)7-6-17-14(3)26-29-15(17)4/h10-11H,6-9H2,1-5H3,(H,22,28)(H,21,23,24). The Balaban J connectivity index is 1.49. The zero-order valence-corrected chi connectivity index (χ0v) is 17.5. The van der Waals surface area contributed by atoms with E-state index < -0.39 is 0 Å². The summed E-state index contributed by atoms with van der Waals surface area (Å²) in [6, 6.07) is 3.86. The summed E-state index contributed by atoms with van der Waals surface area (Å²) in [5, 5.41) is 14.5. The van der Waals surface area contributed by atoms with E-state index in [4.69, 9.17) is 4.52 Å². The van der Waals surface area contributed by atoms with Crippen molar-refractivity contribution in [2.75, 3.05) is 18.4 Å². The van der Waals surface area contributed by atoms with E-state index in [1.54, 1.807) is 4.68 Å². The monoisotopic (exact) mass is 397 g/mol. The predicted molar refractivity (Wildman–Crippen MR) is 109 cm³/mol. The molecule has 0 spiro atoms. The van der Waals surface area contributed by atoms with Gasteiger partial charge in [0, 0.05) is 36.8 Å². The van der Waals surface area contributed by atoms with Crippen molar-refractivity contribution >= 4 is 11.7 Å². The molecule has 0 fully saturated rings. The van der Waals surface area contributed by atoms with E-state index in [0.29, 0.717) is 43.4 Å². The van der Waals surface area contributed by atoms with E-state index >= 15 is 0 Å². The average molecular weight is 397 g/mol. The first-order valence-electron chi connectivity index (χ1n) is 9.65. The maximum atomic E-state index is 12.1. The lowest BCUT2D eigenvalue weighted by Crippen LogP contribution is -2.29. The van der Waals surface area contributed by atoms with E-state index in [9.17, 15) is 4.79 Å². The van der Waals surface area contributed by atoms with Gasteiger partial charge in [-0.1, -0.05) is 5.16 Å². The molecule has 3 rings (SSSR count). The number of nitrogens with one attached hydrogen (secondary N) is 2. The van der Waals surface area contributed by atoms with E-state index in [2.05, 4.69) is 30.9 Å². The zero-order valence-electron chi connectivity index (χ0n) is 17.5. The quantitative estimate of drug-likeness (QED) is 0.561. The Labute approximate surface area is 169 Å². The number of amides is 1. The minimum absolute atomic E-state index is 0.00556. The van der Waals surface area contributed by atoms with Crippen LogP contribution in [0, 0.1) is 34.6 Å². The summed E-state index contributed by atoms with van der Waals surface area (Å²) in [6.07, 6.45) is 1.02. The molecule has 9 heteroatoms. The van der Waals surface area contributed by atoms with E-state index in [-0.39, 0.29) is 5.91 Å². The van der Waals surface area contributed by atoms with Crippen LogP contribution in [0.5, 0.6) is 0 Å². The molecule has 0 aliphatic rings. The highest BCUT2D eigenvalue weighted by Crippen LogP contribution is 2.15. The SMILES string of the molecule is Cc1cc(C)n(-c2cc(NCCNC(=O)CCc3c(C)noc3C)nc(C)n2)n1. The lowest BCUT2D eigenvalue weighted by Gasteiger charge is -2.10. The largest absolute Gasteiger partial charge is 0.368 e. The second-order valence-corrected chi connectivity index (χ2v) is 7.08. The van der Waals surface area contributed by atoms with Crippen LogP contribution in [-0.4, -0.2) is 43.9 Å². The Kier molecular flexibility index (Phi) is 6.26. The van der Waals surface area contributed by atoms with Crippen molar-refractivity contribution in [2.24, 2.45) is 0 Å². The molecule has 3 aromatic heterocycles. The van der Waals surface area contributed by atoms with Gasteiger partial charge in [-0.25, -0.2) is 14.6 Å². The lowest BCUT2D eigenvalue weighted by molar-refractivity contribution is -0.120. The Bertz CT molecular complexity index is 987. The molecule has 0 aliphatic carbocycles. The molecule has 0 aliphatic heterocycles. The van der Waals surface area contributed by atoms with Crippen molar-refractivity contribution in [1.82, 2.24) is 30.2 Å². The summed E-state index contributed by atoms with van der Waals surface area (Å²) < 4.78 is 6.92. The van der Waals surface area contributed by atoms with Crippen LogP contribution in [0.1, 0.15) is 40.7 Å². The van der Waals surface area contributed by atoms with Crippen LogP contribution in [0.15, 0.2) is 16.7 Å². The van der Waals surface area contributed by atoms with Gasteiger partial charge < -0.3 is 15.2 Å². The van der Waals surface area contributed by atoms with Gasteiger partial charge >= 0.3 is 0 Å². The van der Waals surface area contributed by atoms with Crippen molar-refractivity contribution < 1.29 is 9.32 Å². The molecule has 0 radical (unpaired) electrons. The van der Waals surface area contributed by atoms with Crippen LogP contribution in [0.25, 0.3) is 5.82 Å². The van der Waals surface area contributed by atoms with Crippen LogP contribution >= 0.6 is 0 Å². The topological polar surface area (TPSA) is 111 Å². The number of carbonyl (C=O) groups excluding carboxylic acids is 1. The molecular formula is C20H27N7O2. The van der Waals surface area contributed by atoms with Gasteiger partial charge in [0.1, 0.15) is 17.4 Å². The first kappa shape index (κ1) is 20.5. The summed E-state index contributed by atoms with van der Waals surface area (Å²) >= 11 is 0. The Morgan fingerprint density at radius 3 is 2.55 bits per heavy atom. The van der Waals surface area contributed by atoms with Crippen molar-refractivity contribution in [3.63, 3.8) is 0 Å². The molecular weight excluding hydrogens is 370 g/mol. The van der Waals surface area contributed by atoms with Gasteiger partial charge in [0.05, 0.1) is 11.4 Å². The van der Waals surface area contributed by atoms with Crippen LogP contribution in [0.3, 0.4) is 0 Å². The summed E-state index contributed by atoms with van der Waals surface area (Å²) in [5.74, 6) is 2.84. The fourth-order valence-electron chi connectivity index (χ4n) is 3.19. The number of hydrogen-bond acceptors (Lipinski definition) is 7. The Morgan fingerprint density at radius 1 is 1.10 bits per heavy atom. The summed E-state index contributed by atoms with van der Waals surface area (Å²) in [6.45, 7) is 10.6. The lowest BCUT2D eigenvalue weighted by atomic mass is 10.1. The van der Waals surface area contributed by atoms with Gasteiger partial charge in [0.25, 0.3) is 0 Å². The highest BCUT2D eigenvalue weighted by Gasteiger charge is 2.11. The van der Waals surface area contributed by atoms with Crippen LogP contribution in [0.2, 0.25) is 0 Å². The number of carbonyl (C=O) groups is 1. The molecule has 29 heavy (non-hydrogen) atoms. The molecule has 2 N–H and O–H groups in total. The Morgan fingerprint density at radius 2 is 1.90 bits per heavy atom. The zero-order chi connectivity index (χ0) is 21.0. The highest BCUT2D eigenvalue weighted by molar-refractivity contribution is 5.76. The van der Waals surface area contributed by atoms with Gasteiger partial charge in [-0.05, 0) is 47.1 Å². The smallest absolute Gasteiger partial charge is 0.220 e. The first-order chi connectivity index (χ1) is 13.8. The minimum Gasteiger partial charge on any atom is -0.368 e. The summed E-state index contributed by atoms with van der Waals surface area (Å²) in [4.78, 5) is 21.0. The molecule has 3 heterocycles. The molecule has 3 aromatic rings. The molecule has 0 saturated heterocycles. The highest BCUT2D eigenvalue weighted by atomic mass is 16.5. The van der Waals surface area contributed by atoms with E-state index in [1.165, 1.54) is 0 Å². The fourth-order valence-corrected chi connectivity index (χ4v) is 3.19. The molecule has 0 unspecified atom stereocenters. The van der Waals surface area contributed by atoms with Crippen LogP contribution < -0.4 is 10.6 Å². The second kappa shape index (κ2) is 8.85. The number of rotatable bonds is 8. The number of aryl methyl sites for hydroxylation is 5. The van der Waals surface area contributed by atoms with Gasteiger partial charge in [0.15, 0.2) is 5.82 Å². The second-order valence-electron chi connectivity index (χ2n) is 7.08. The number of anilines is 1. The van der Waals surface area contributed by atoms with Gasteiger partial charge in [-0.2, -0.15) is 5.10 Å². The van der Waals surface area contributed by atoms with Gasteiger partial charge in [-0.3, -0.25) is 4.79 Å². The molecule has 0 saturated carbocycles. The third-order valence-corrected chi connectivity index (χ3v) is 4.59. The van der Waals surface area contributed by atoms with E-state index in [1.807, 2.05) is 46.8 Å². The molecule has 1 amide bonds. The summed E-state index contributed by atoms with van der Waals surface area (Å²) in [7, 11) is 0. The molecule has 0 atom stereocenters. The van der Waals surface area contributed by atoms with Crippen molar-refractivity contribution in [3.8, 4) is 5.82 Å². The third kappa shape index (κ3) is 5.18. The number of hydrogen-bond donors (Lipinski definition) is 2. The normalized spacial score (nSPS) is 10.9. The molecule has 0 aromatic carbocycles. The van der Waals surface area contributed by atoms with Crippen LogP contribution in [0.4, 0.5) is 5.82 Å². The van der Waals surface area contributed by atoms with Gasteiger partial charge in [-0.15, -0.1) is 0 Å². The molecule has 0 bridgehead atoms.